The molecule has 0 aromatic heterocycles. The number of hydrogen-bond donors (Lipinski definition) is 0. The van der Waals surface area contributed by atoms with Crippen LogP contribution in [0.5, 0.6) is 11.5 Å². The molecular weight excluding hydrogens is 388 g/mol. The summed E-state index contributed by atoms with van der Waals surface area (Å²) in [4.78, 5) is 17.3. The van der Waals surface area contributed by atoms with E-state index in [4.69, 9.17) is 9.47 Å². The zero-order valence-electron chi connectivity index (χ0n) is 17.9. The van der Waals surface area contributed by atoms with E-state index in [1.54, 1.807) is 0 Å². The van der Waals surface area contributed by atoms with Gasteiger partial charge in [0.1, 0.15) is 18.1 Å². The molecule has 0 saturated carbocycles. The summed E-state index contributed by atoms with van der Waals surface area (Å²) in [5, 5.41) is 0. The molecule has 3 aromatic carbocycles. The third-order valence-corrected chi connectivity index (χ3v) is 5.40. The molecule has 1 heterocycles. The number of rotatable bonds is 7. The number of benzene rings is 3. The summed E-state index contributed by atoms with van der Waals surface area (Å²) >= 11 is 0. The predicted molar refractivity (Wildman–Crippen MR) is 123 cm³/mol. The fraction of sp³-hybridized carbons (Fsp3) is 0.269. The fourth-order valence-corrected chi connectivity index (χ4v) is 3.79. The van der Waals surface area contributed by atoms with Crippen LogP contribution in [0.25, 0.3) is 0 Å². The van der Waals surface area contributed by atoms with Gasteiger partial charge >= 0.3 is 0 Å². The molecule has 0 aliphatic carbocycles. The Kier molecular flexibility index (Phi) is 6.72. The molecule has 0 atom stereocenters. The molecule has 0 radical (unpaired) electrons. The van der Waals surface area contributed by atoms with Crippen molar-refractivity contribution in [2.24, 2.45) is 0 Å². The van der Waals surface area contributed by atoms with Gasteiger partial charge in [0.05, 0.1) is 12.3 Å². The Labute approximate surface area is 183 Å². The van der Waals surface area contributed by atoms with Crippen LogP contribution < -0.4 is 14.4 Å². The molecule has 5 heteroatoms. The molecule has 0 bridgehead atoms. The lowest BCUT2D eigenvalue weighted by molar-refractivity contribution is 0.0746. The number of amides is 1. The van der Waals surface area contributed by atoms with Gasteiger partial charge in [0, 0.05) is 31.7 Å². The summed E-state index contributed by atoms with van der Waals surface area (Å²) in [6.45, 7) is 6.02. The summed E-state index contributed by atoms with van der Waals surface area (Å²) in [7, 11) is 0. The Bertz CT molecular complexity index is 998. The smallest absolute Gasteiger partial charge is 0.254 e. The Morgan fingerprint density at radius 2 is 1.58 bits per heavy atom. The summed E-state index contributed by atoms with van der Waals surface area (Å²) in [5.41, 5.74) is 2.85. The van der Waals surface area contributed by atoms with Gasteiger partial charge < -0.3 is 19.3 Å². The average Bonchev–Trinajstić information content (AvgIpc) is 2.84. The van der Waals surface area contributed by atoms with Crippen molar-refractivity contribution in [3.63, 3.8) is 0 Å². The molecule has 1 saturated heterocycles. The molecule has 3 aromatic rings. The van der Waals surface area contributed by atoms with Crippen molar-refractivity contribution >= 4 is 11.6 Å². The third kappa shape index (κ3) is 5.18. The highest BCUT2D eigenvalue weighted by Gasteiger charge is 2.24. The highest BCUT2D eigenvalue weighted by molar-refractivity contribution is 5.94. The second-order valence-electron chi connectivity index (χ2n) is 7.48. The molecule has 0 spiro atoms. The minimum atomic E-state index is 0.0444. The Morgan fingerprint density at radius 3 is 2.35 bits per heavy atom. The highest BCUT2D eigenvalue weighted by Crippen LogP contribution is 2.29. The lowest BCUT2D eigenvalue weighted by Gasteiger charge is -2.36. The second kappa shape index (κ2) is 10.0. The van der Waals surface area contributed by atoms with Gasteiger partial charge in [-0.3, -0.25) is 4.79 Å². The molecule has 0 unspecified atom stereocenters. The highest BCUT2D eigenvalue weighted by atomic mass is 16.5. The van der Waals surface area contributed by atoms with Gasteiger partial charge in [-0.05, 0) is 42.8 Å². The van der Waals surface area contributed by atoms with Crippen molar-refractivity contribution in [2.75, 3.05) is 37.7 Å². The third-order valence-electron chi connectivity index (χ3n) is 5.40. The van der Waals surface area contributed by atoms with Gasteiger partial charge in [0.25, 0.3) is 5.91 Å². The first-order valence-electron chi connectivity index (χ1n) is 10.8. The zero-order chi connectivity index (χ0) is 21.5. The van der Waals surface area contributed by atoms with E-state index in [1.807, 2.05) is 84.6 Å². The molecular formula is C26H28N2O3. The summed E-state index contributed by atoms with van der Waals surface area (Å²) < 4.78 is 11.7. The van der Waals surface area contributed by atoms with E-state index in [2.05, 4.69) is 11.0 Å². The Hall–Kier alpha value is -3.47. The van der Waals surface area contributed by atoms with Crippen molar-refractivity contribution in [3.05, 3.63) is 90.0 Å². The number of nitrogens with zero attached hydrogens (tertiary/aromatic N) is 2. The summed E-state index contributed by atoms with van der Waals surface area (Å²) in [6.07, 6.45) is 0. The quantitative estimate of drug-likeness (QED) is 0.563. The van der Waals surface area contributed by atoms with Crippen LogP contribution in [-0.2, 0) is 6.61 Å². The van der Waals surface area contributed by atoms with E-state index < -0.39 is 0 Å². The maximum absolute atomic E-state index is 13.1. The zero-order valence-corrected chi connectivity index (χ0v) is 17.9. The van der Waals surface area contributed by atoms with Crippen LogP contribution in [-0.4, -0.2) is 43.6 Å². The molecule has 5 nitrogen and oxygen atoms in total. The topological polar surface area (TPSA) is 42.0 Å². The molecule has 1 aliphatic rings. The van der Waals surface area contributed by atoms with E-state index in [1.165, 1.54) is 0 Å². The van der Waals surface area contributed by atoms with Crippen LogP contribution in [0.2, 0.25) is 0 Å². The number of ether oxygens (including phenoxy) is 2. The summed E-state index contributed by atoms with van der Waals surface area (Å²) in [6, 6.07) is 25.6. The number of para-hydroxylation sites is 2. The van der Waals surface area contributed by atoms with Gasteiger partial charge in [0.15, 0.2) is 0 Å². The molecule has 4 rings (SSSR count). The first-order chi connectivity index (χ1) is 15.2. The lowest BCUT2D eigenvalue weighted by Crippen LogP contribution is -2.48. The van der Waals surface area contributed by atoms with E-state index in [-0.39, 0.29) is 5.91 Å². The number of piperazine rings is 1. The van der Waals surface area contributed by atoms with Crippen molar-refractivity contribution < 1.29 is 14.3 Å². The maximum Gasteiger partial charge on any atom is 0.254 e. The fourth-order valence-electron chi connectivity index (χ4n) is 3.79. The second-order valence-corrected chi connectivity index (χ2v) is 7.48. The number of anilines is 1. The summed E-state index contributed by atoms with van der Waals surface area (Å²) in [5.74, 6) is 1.65. The Morgan fingerprint density at radius 1 is 0.839 bits per heavy atom. The molecule has 0 N–H and O–H groups in total. The van der Waals surface area contributed by atoms with Crippen LogP contribution in [0.1, 0.15) is 22.8 Å². The number of hydrogen-bond acceptors (Lipinski definition) is 4. The SMILES string of the molecule is CCOc1ccccc1N1CCN(C(=O)c2cccc(OCc3ccccc3)c2)CC1. The first-order valence-corrected chi connectivity index (χ1v) is 10.8. The van der Waals surface area contributed by atoms with Gasteiger partial charge in [-0.25, -0.2) is 0 Å². The van der Waals surface area contributed by atoms with Crippen LogP contribution in [0.3, 0.4) is 0 Å². The van der Waals surface area contributed by atoms with Crippen molar-refractivity contribution in [1.82, 2.24) is 4.90 Å². The van der Waals surface area contributed by atoms with Gasteiger partial charge in [-0.2, -0.15) is 0 Å². The maximum atomic E-state index is 13.1. The molecule has 31 heavy (non-hydrogen) atoms. The van der Waals surface area contributed by atoms with E-state index >= 15 is 0 Å². The predicted octanol–water partition coefficient (Wildman–Crippen LogP) is 4.63. The van der Waals surface area contributed by atoms with Crippen LogP contribution in [0.15, 0.2) is 78.9 Å². The van der Waals surface area contributed by atoms with Gasteiger partial charge in [-0.15, -0.1) is 0 Å². The minimum Gasteiger partial charge on any atom is -0.492 e. The molecule has 1 fully saturated rings. The standard InChI is InChI=1S/C26H28N2O3/c1-2-30-25-14-7-6-13-24(25)27-15-17-28(18-16-27)26(29)22-11-8-12-23(19-22)31-20-21-9-4-3-5-10-21/h3-14,19H,2,15-18,20H2,1H3. The van der Waals surface area contributed by atoms with Crippen LogP contribution in [0, 0.1) is 0 Å². The minimum absolute atomic E-state index is 0.0444. The van der Waals surface area contributed by atoms with E-state index in [0.717, 1.165) is 30.1 Å². The van der Waals surface area contributed by atoms with Gasteiger partial charge in [0.2, 0.25) is 0 Å². The molecule has 1 aliphatic heterocycles. The van der Waals surface area contributed by atoms with Crippen LogP contribution >= 0.6 is 0 Å². The average molecular weight is 417 g/mol. The number of carbonyl (C=O) groups excluding carboxylic acids is 1. The monoisotopic (exact) mass is 416 g/mol. The molecule has 160 valence electrons. The van der Waals surface area contributed by atoms with Crippen molar-refractivity contribution in [1.29, 1.82) is 0 Å². The van der Waals surface area contributed by atoms with E-state index in [0.29, 0.717) is 37.6 Å². The van der Waals surface area contributed by atoms with E-state index in [9.17, 15) is 4.79 Å². The van der Waals surface area contributed by atoms with Gasteiger partial charge in [-0.1, -0.05) is 48.5 Å². The number of carbonyl (C=O) groups is 1. The van der Waals surface area contributed by atoms with Crippen molar-refractivity contribution in [2.45, 2.75) is 13.5 Å². The van der Waals surface area contributed by atoms with Crippen molar-refractivity contribution in [3.8, 4) is 11.5 Å². The normalized spacial score (nSPS) is 13.7. The molecule has 1 amide bonds. The lowest BCUT2D eigenvalue weighted by atomic mass is 10.1. The first kappa shape index (κ1) is 20.8. The Balaban J connectivity index is 1.37. The largest absolute Gasteiger partial charge is 0.492 e. The van der Waals surface area contributed by atoms with Crippen LogP contribution in [0.4, 0.5) is 5.69 Å².